The van der Waals surface area contributed by atoms with Gasteiger partial charge in [-0.1, -0.05) is 30.3 Å². The van der Waals surface area contributed by atoms with Crippen LogP contribution in [0.15, 0.2) is 48.5 Å². The number of rotatable bonds is 7. The van der Waals surface area contributed by atoms with E-state index in [1.807, 2.05) is 30.3 Å². The minimum absolute atomic E-state index is 0.441. The van der Waals surface area contributed by atoms with Crippen molar-refractivity contribution in [2.24, 2.45) is 5.73 Å². The van der Waals surface area contributed by atoms with Gasteiger partial charge < -0.3 is 15.2 Å². The summed E-state index contributed by atoms with van der Waals surface area (Å²) in [6, 6.07) is 15.2. The number of hydrogen-bond donors (Lipinski definition) is 1. The number of nitrogens with two attached hydrogens (primary N) is 1. The first kappa shape index (κ1) is 15.1. The third-order valence-electron chi connectivity index (χ3n) is 3.19. The molecule has 0 fully saturated rings. The molecule has 0 saturated carbocycles. The van der Waals surface area contributed by atoms with E-state index in [-0.39, 0.29) is 0 Å². The lowest BCUT2D eigenvalue weighted by molar-refractivity contribution is 0.0999. The van der Waals surface area contributed by atoms with Crippen LogP contribution in [0.25, 0.3) is 0 Å². The Labute approximate surface area is 124 Å². The third-order valence-corrected chi connectivity index (χ3v) is 3.19. The van der Waals surface area contributed by atoms with Gasteiger partial charge in [-0.05, 0) is 35.7 Å². The number of ether oxygens (including phenoxy) is 2. The van der Waals surface area contributed by atoms with Crippen molar-refractivity contribution in [2.45, 2.75) is 13.0 Å². The van der Waals surface area contributed by atoms with E-state index < -0.39 is 5.91 Å². The maximum absolute atomic E-state index is 11.2. The van der Waals surface area contributed by atoms with Crippen molar-refractivity contribution in [1.29, 1.82) is 0 Å². The standard InChI is InChI=1S/C17H19NO3/c1-20-16-8-7-15(17(18)19)11-14(16)9-10-21-12-13-5-3-2-4-6-13/h2-8,11H,9-10,12H2,1H3,(H2,18,19). The topological polar surface area (TPSA) is 61.5 Å². The molecule has 0 saturated heterocycles. The molecule has 2 aromatic rings. The molecular formula is C17H19NO3. The molecule has 2 aromatic carbocycles. The Morgan fingerprint density at radius 1 is 1.14 bits per heavy atom. The van der Waals surface area contributed by atoms with Gasteiger partial charge in [-0.25, -0.2) is 0 Å². The lowest BCUT2D eigenvalue weighted by atomic mass is 10.1. The van der Waals surface area contributed by atoms with E-state index in [4.69, 9.17) is 15.2 Å². The van der Waals surface area contributed by atoms with Crippen LogP contribution in [0.2, 0.25) is 0 Å². The quantitative estimate of drug-likeness (QED) is 0.795. The van der Waals surface area contributed by atoms with Gasteiger partial charge in [0.15, 0.2) is 0 Å². The van der Waals surface area contributed by atoms with E-state index in [1.165, 1.54) is 0 Å². The highest BCUT2D eigenvalue weighted by Crippen LogP contribution is 2.20. The number of primary amides is 1. The molecule has 0 bridgehead atoms. The molecule has 0 aromatic heterocycles. The maximum Gasteiger partial charge on any atom is 0.248 e. The summed E-state index contributed by atoms with van der Waals surface area (Å²) in [5.41, 5.74) is 7.83. The first-order valence-corrected chi connectivity index (χ1v) is 6.79. The summed E-state index contributed by atoms with van der Waals surface area (Å²) in [6.45, 7) is 1.12. The van der Waals surface area contributed by atoms with Crippen molar-refractivity contribution in [3.05, 3.63) is 65.2 Å². The molecule has 0 aliphatic carbocycles. The van der Waals surface area contributed by atoms with Gasteiger partial charge in [0, 0.05) is 5.56 Å². The molecule has 4 nitrogen and oxygen atoms in total. The number of carbonyl (C=O) groups excluding carboxylic acids is 1. The Morgan fingerprint density at radius 2 is 1.90 bits per heavy atom. The van der Waals surface area contributed by atoms with Crippen molar-refractivity contribution >= 4 is 5.91 Å². The van der Waals surface area contributed by atoms with Gasteiger partial charge >= 0.3 is 0 Å². The van der Waals surface area contributed by atoms with Crippen LogP contribution in [0.1, 0.15) is 21.5 Å². The average Bonchev–Trinajstić information content (AvgIpc) is 2.52. The first-order valence-electron chi connectivity index (χ1n) is 6.79. The zero-order chi connectivity index (χ0) is 15.1. The Kier molecular flexibility index (Phi) is 5.35. The van der Waals surface area contributed by atoms with Gasteiger partial charge in [-0.2, -0.15) is 0 Å². The fraction of sp³-hybridized carbons (Fsp3) is 0.235. The van der Waals surface area contributed by atoms with E-state index >= 15 is 0 Å². The van der Waals surface area contributed by atoms with Crippen molar-refractivity contribution in [3.8, 4) is 5.75 Å². The summed E-state index contributed by atoms with van der Waals surface area (Å²) in [6.07, 6.45) is 0.664. The summed E-state index contributed by atoms with van der Waals surface area (Å²) in [5.74, 6) is 0.299. The van der Waals surface area contributed by atoms with Crippen LogP contribution in [0.4, 0.5) is 0 Å². The molecule has 0 spiro atoms. The molecule has 2 rings (SSSR count). The zero-order valence-electron chi connectivity index (χ0n) is 12.0. The number of amides is 1. The summed E-state index contributed by atoms with van der Waals surface area (Å²) >= 11 is 0. The highest BCUT2D eigenvalue weighted by Gasteiger charge is 2.07. The maximum atomic E-state index is 11.2. The van der Waals surface area contributed by atoms with Crippen molar-refractivity contribution in [3.63, 3.8) is 0 Å². The highest BCUT2D eigenvalue weighted by molar-refractivity contribution is 5.93. The first-order chi connectivity index (χ1) is 10.2. The predicted octanol–water partition coefficient (Wildman–Crippen LogP) is 2.55. The van der Waals surface area contributed by atoms with Crippen LogP contribution >= 0.6 is 0 Å². The van der Waals surface area contributed by atoms with Crippen LogP contribution in [-0.4, -0.2) is 19.6 Å². The van der Waals surface area contributed by atoms with E-state index in [0.717, 1.165) is 16.9 Å². The molecule has 0 radical (unpaired) electrons. The fourth-order valence-corrected chi connectivity index (χ4v) is 2.07. The fourth-order valence-electron chi connectivity index (χ4n) is 2.07. The van der Waals surface area contributed by atoms with Gasteiger partial charge in [0.1, 0.15) is 5.75 Å². The Balaban J connectivity index is 1.92. The zero-order valence-corrected chi connectivity index (χ0v) is 12.0. The molecular weight excluding hydrogens is 266 g/mol. The van der Waals surface area contributed by atoms with Crippen LogP contribution in [0.5, 0.6) is 5.75 Å². The van der Waals surface area contributed by atoms with Crippen LogP contribution in [-0.2, 0) is 17.8 Å². The molecule has 0 atom stereocenters. The Hall–Kier alpha value is -2.33. The molecule has 1 amide bonds. The molecule has 0 heterocycles. The number of methoxy groups -OCH3 is 1. The lowest BCUT2D eigenvalue weighted by Gasteiger charge is -2.10. The SMILES string of the molecule is COc1ccc(C(N)=O)cc1CCOCc1ccccc1. The number of carbonyl (C=O) groups is 1. The predicted molar refractivity (Wildman–Crippen MR) is 81.3 cm³/mol. The smallest absolute Gasteiger partial charge is 0.248 e. The van der Waals surface area contributed by atoms with Crippen LogP contribution in [0.3, 0.4) is 0 Å². The largest absolute Gasteiger partial charge is 0.496 e. The third kappa shape index (κ3) is 4.33. The van der Waals surface area contributed by atoms with Gasteiger partial charge in [0.2, 0.25) is 5.91 Å². The minimum Gasteiger partial charge on any atom is -0.496 e. The van der Waals surface area contributed by atoms with Crippen molar-refractivity contribution in [1.82, 2.24) is 0 Å². The van der Waals surface area contributed by atoms with Gasteiger partial charge in [-0.15, -0.1) is 0 Å². The molecule has 0 aliphatic rings. The summed E-state index contributed by atoms with van der Waals surface area (Å²) < 4.78 is 10.9. The lowest BCUT2D eigenvalue weighted by Crippen LogP contribution is -2.12. The molecule has 4 heteroatoms. The second-order valence-electron chi connectivity index (χ2n) is 4.68. The van der Waals surface area contributed by atoms with Gasteiger partial charge in [0.05, 0.1) is 20.3 Å². The van der Waals surface area contributed by atoms with Crippen molar-refractivity contribution < 1.29 is 14.3 Å². The summed E-state index contributed by atoms with van der Waals surface area (Å²) in [5, 5.41) is 0. The van der Waals surface area contributed by atoms with E-state index in [0.29, 0.717) is 25.2 Å². The second kappa shape index (κ2) is 7.45. The van der Waals surface area contributed by atoms with Gasteiger partial charge in [0.25, 0.3) is 0 Å². The minimum atomic E-state index is -0.441. The Bertz CT molecular complexity index is 596. The number of hydrogen-bond acceptors (Lipinski definition) is 3. The normalized spacial score (nSPS) is 10.3. The number of benzene rings is 2. The molecule has 0 aliphatic heterocycles. The van der Waals surface area contributed by atoms with E-state index in [2.05, 4.69) is 0 Å². The van der Waals surface area contributed by atoms with Crippen molar-refractivity contribution in [2.75, 3.05) is 13.7 Å². The molecule has 2 N–H and O–H groups in total. The van der Waals surface area contributed by atoms with Crippen LogP contribution in [0, 0.1) is 0 Å². The van der Waals surface area contributed by atoms with Gasteiger partial charge in [-0.3, -0.25) is 4.79 Å². The monoisotopic (exact) mass is 285 g/mol. The summed E-state index contributed by atoms with van der Waals surface area (Å²) in [4.78, 5) is 11.2. The van der Waals surface area contributed by atoms with Crippen LogP contribution < -0.4 is 10.5 Å². The molecule has 110 valence electrons. The Morgan fingerprint density at radius 3 is 2.57 bits per heavy atom. The molecule has 21 heavy (non-hydrogen) atoms. The average molecular weight is 285 g/mol. The molecule has 0 unspecified atom stereocenters. The van der Waals surface area contributed by atoms with E-state index in [1.54, 1.807) is 25.3 Å². The second-order valence-corrected chi connectivity index (χ2v) is 4.68. The van der Waals surface area contributed by atoms with E-state index in [9.17, 15) is 4.79 Å². The highest BCUT2D eigenvalue weighted by atomic mass is 16.5. The summed E-state index contributed by atoms with van der Waals surface area (Å²) in [7, 11) is 1.60.